The number of imidazole rings is 1. The van der Waals surface area contributed by atoms with E-state index in [1.54, 1.807) is 0 Å². The normalized spacial score (nSPS) is 11.6. The van der Waals surface area contributed by atoms with Crippen LogP contribution in [0.5, 0.6) is 0 Å². The molecule has 3 aromatic rings. The van der Waals surface area contributed by atoms with Crippen molar-refractivity contribution in [2.24, 2.45) is 10.2 Å². The van der Waals surface area contributed by atoms with E-state index in [0.717, 1.165) is 28.2 Å². The molecule has 1 N–H and O–H groups in total. The van der Waals surface area contributed by atoms with Gasteiger partial charge in [-0.2, -0.15) is 0 Å². The molecule has 0 fully saturated rings. The molecule has 0 radical (unpaired) electrons. The van der Waals surface area contributed by atoms with Crippen molar-refractivity contribution in [2.75, 3.05) is 0 Å². The SMILES string of the molecule is Cc1ccccc1N=Nc1c(C)nc2cc(CO)ccn12. The van der Waals surface area contributed by atoms with Crippen molar-refractivity contribution in [3.8, 4) is 0 Å². The van der Waals surface area contributed by atoms with Gasteiger partial charge in [-0.25, -0.2) is 4.98 Å². The highest BCUT2D eigenvalue weighted by molar-refractivity contribution is 5.53. The van der Waals surface area contributed by atoms with Crippen LogP contribution in [0.15, 0.2) is 52.8 Å². The van der Waals surface area contributed by atoms with Gasteiger partial charge >= 0.3 is 0 Å². The van der Waals surface area contributed by atoms with Crippen LogP contribution in [0.3, 0.4) is 0 Å². The average Bonchev–Trinajstić information content (AvgIpc) is 2.81. The molecule has 21 heavy (non-hydrogen) atoms. The fourth-order valence-corrected chi connectivity index (χ4v) is 2.19. The Bertz CT molecular complexity index is 820. The van der Waals surface area contributed by atoms with E-state index in [4.69, 9.17) is 0 Å². The topological polar surface area (TPSA) is 62.2 Å². The summed E-state index contributed by atoms with van der Waals surface area (Å²) in [7, 11) is 0. The lowest BCUT2D eigenvalue weighted by molar-refractivity contribution is 0.282. The highest BCUT2D eigenvalue weighted by atomic mass is 16.3. The summed E-state index contributed by atoms with van der Waals surface area (Å²) in [5.41, 5.74) is 4.32. The number of rotatable bonds is 3. The molecular formula is C16H16N4O. The number of azo groups is 1. The Morgan fingerprint density at radius 1 is 1.14 bits per heavy atom. The van der Waals surface area contributed by atoms with Gasteiger partial charge in [0.1, 0.15) is 5.65 Å². The van der Waals surface area contributed by atoms with E-state index < -0.39 is 0 Å². The molecular weight excluding hydrogens is 264 g/mol. The number of hydrogen-bond donors (Lipinski definition) is 1. The molecule has 5 nitrogen and oxygen atoms in total. The van der Waals surface area contributed by atoms with Crippen LogP contribution in [0.1, 0.15) is 16.8 Å². The van der Waals surface area contributed by atoms with Gasteiger partial charge in [0.05, 0.1) is 18.0 Å². The molecule has 2 heterocycles. The van der Waals surface area contributed by atoms with Crippen LogP contribution in [0, 0.1) is 13.8 Å². The fraction of sp³-hybridized carbons (Fsp3) is 0.188. The van der Waals surface area contributed by atoms with E-state index in [1.165, 1.54) is 0 Å². The number of aliphatic hydroxyl groups is 1. The maximum Gasteiger partial charge on any atom is 0.182 e. The number of aliphatic hydroxyl groups excluding tert-OH is 1. The molecule has 0 spiro atoms. The molecule has 0 atom stereocenters. The summed E-state index contributed by atoms with van der Waals surface area (Å²) >= 11 is 0. The number of pyridine rings is 1. The first-order chi connectivity index (χ1) is 10.2. The average molecular weight is 280 g/mol. The maximum absolute atomic E-state index is 9.18. The summed E-state index contributed by atoms with van der Waals surface area (Å²) in [6.45, 7) is 3.91. The van der Waals surface area contributed by atoms with Crippen molar-refractivity contribution in [1.82, 2.24) is 9.38 Å². The molecule has 2 aromatic heterocycles. The van der Waals surface area contributed by atoms with Crippen molar-refractivity contribution in [1.29, 1.82) is 0 Å². The smallest absolute Gasteiger partial charge is 0.182 e. The number of benzene rings is 1. The van der Waals surface area contributed by atoms with Crippen molar-refractivity contribution in [3.63, 3.8) is 0 Å². The molecule has 106 valence electrons. The molecule has 5 heteroatoms. The third-order valence-electron chi connectivity index (χ3n) is 3.38. The molecule has 0 aliphatic carbocycles. The Kier molecular flexibility index (Phi) is 3.50. The van der Waals surface area contributed by atoms with Crippen LogP contribution in [-0.4, -0.2) is 14.5 Å². The van der Waals surface area contributed by atoms with E-state index in [9.17, 15) is 5.11 Å². The minimum atomic E-state index is 0.00245. The lowest BCUT2D eigenvalue weighted by Gasteiger charge is -2.00. The second-order valence-corrected chi connectivity index (χ2v) is 4.93. The largest absolute Gasteiger partial charge is 0.392 e. The predicted octanol–water partition coefficient (Wildman–Crippen LogP) is 3.86. The molecule has 0 bridgehead atoms. The Hall–Kier alpha value is -2.53. The van der Waals surface area contributed by atoms with Crippen molar-refractivity contribution in [3.05, 3.63) is 59.4 Å². The third-order valence-corrected chi connectivity index (χ3v) is 3.38. The molecule has 1 aromatic carbocycles. The molecule has 0 unspecified atom stereocenters. The monoisotopic (exact) mass is 280 g/mol. The summed E-state index contributed by atoms with van der Waals surface area (Å²) in [6.07, 6.45) is 1.85. The number of hydrogen-bond acceptors (Lipinski definition) is 4. The quantitative estimate of drug-likeness (QED) is 0.740. The van der Waals surface area contributed by atoms with Crippen molar-refractivity contribution in [2.45, 2.75) is 20.5 Å². The van der Waals surface area contributed by atoms with E-state index in [1.807, 2.05) is 60.8 Å². The van der Waals surface area contributed by atoms with Crippen molar-refractivity contribution < 1.29 is 5.11 Å². The predicted molar refractivity (Wildman–Crippen MR) is 81.2 cm³/mol. The fourth-order valence-electron chi connectivity index (χ4n) is 2.19. The van der Waals surface area contributed by atoms with E-state index in [2.05, 4.69) is 15.2 Å². The van der Waals surface area contributed by atoms with Gasteiger partial charge in [-0.3, -0.25) is 4.40 Å². The van der Waals surface area contributed by atoms with Crippen LogP contribution >= 0.6 is 0 Å². The first kappa shape index (κ1) is 13.5. The lowest BCUT2D eigenvalue weighted by Crippen LogP contribution is -1.88. The molecule has 0 aliphatic rings. The Morgan fingerprint density at radius 3 is 2.71 bits per heavy atom. The Balaban J connectivity index is 2.05. The minimum absolute atomic E-state index is 0.00245. The zero-order valence-corrected chi connectivity index (χ0v) is 12.0. The minimum Gasteiger partial charge on any atom is -0.392 e. The van der Waals surface area contributed by atoms with Gasteiger partial charge < -0.3 is 5.11 Å². The second kappa shape index (κ2) is 5.46. The van der Waals surface area contributed by atoms with E-state index >= 15 is 0 Å². The van der Waals surface area contributed by atoms with Gasteiger partial charge in [-0.1, -0.05) is 18.2 Å². The third kappa shape index (κ3) is 2.55. The maximum atomic E-state index is 9.18. The van der Waals surface area contributed by atoms with Gasteiger partial charge in [0, 0.05) is 6.20 Å². The Labute approximate surface area is 122 Å². The number of fused-ring (bicyclic) bond motifs is 1. The zero-order valence-electron chi connectivity index (χ0n) is 12.0. The molecule has 3 rings (SSSR count). The summed E-state index contributed by atoms with van der Waals surface area (Å²) in [6, 6.07) is 11.5. The van der Waals surface area contributed by atoms with Gasteiger partial charge in [0.15, 0.2) is 5.82 Å². The Morgan fingerprint density at radius 2 is 1.95 bits per heavy atom. The number of aryl methyl sites for hydroxylation is 2. The van der Waals surface area contributed by atoms with Crippen LogP contribution < -0.4 is 0 Å². The van der Waals surface area contributed by atoms with Crippen LogP contribution in [-0.2, 0) is 6.61 Å². The second-order valence-electron chi connectivity index (χ2n) is 4.93. The molecule has 0 saturated carbocycles. The van der Waals surface area contributed by atoms with E-state index in [0.29, 0.717) is 5.82 Å². The summed E-state index contributed by atoms with van der Waals surface area (Å²) < 4.78 is 1.87. The van der Waals surface area contributed by atoms with Crippen LogP contribution in [0.2, 0.25) is 0 Å². The zero-order chi connectivity index (χ0) is 14.8. The lowest BCUT2D eigenvalue weighted by atomic mass is 10.2. The van der Waals surface area contributed by atoms with Gasteiger partial charge in [0.25, 0.3) is 0 Å². The van der Waals surface area contributed by atoms with E-state index in [-0.39, 0.29) is 6.61 Å². The van der Waals surface area contributed by atoms with Crippen LogP contribution in [0.4, 0.5) is 11.5 Å². The molecule has 0 aliphatic heterocycles. The molecule has 0 amide bonds. The van der Waals surface area contributed by atoms with Gasteiger partial charge in [0.2, 0.25) is 0 Å². The van der Waals surface area contributed by atoms with Gasteiger partial charge in [-0.15, -0.1) is 10.2 Å². The highest BCUT2D eigenvalue weighted by Gasteiger charge is 2.08. The van der Waals surface area contributed by atoms with Crippen molar-refractivity contribution >= 4 is 17.2 Å². The number of nitrogens with zero attached hydrogens (tertiary/aromatic N) is 4. The first-order valence-corrected chi connectivity index (χ1v) is 6.75. The molecule has 0 saturated heterocycles. The first-order valence-electron chi connectivity index (χ1n) is 6.75. The summed E-state index contributed by atoms with van der Waals surface area (Å²) in [5.74, 6) is 0.706. The van der Waals surface area contributed by atoms with Crippen LogP contribution in [0.25, 0.3) is 5.65 Å². The summed E-state index contributed by atoms with van der Waals surface area (Å²) in [4.78, 5) is 4.45. The van der Waals surface area contributed by atoms with Gasteiger partial charge in [-0.05, 0) is 43.2 Å². The summed E-state index contributed by atoms with van der Waals surface area (Å²) in [5, 5.41) is 17.8. The highest BCUT2D eigenvalue weighted by Crippen LogP contribution is 2.25. The standard InChI is InChI=1S/C16H16N4O/c1-11-5-3-4-6-14(11)18-19-16-12(2)17-15-9-13(10-21)7-8-20(15)16/h3-9,21H,10H2,1-2H3. The number of aromatic nitrogens is 2.